The van der Waals surface area contributed by atoms with Gasteiger partial charge in [-0.1, -0.05) is 11.6 Å². The fourth-order valence-electron chi connectivity index (χ4n) is 2.79. The number of nitriles is 1. The van der Waals surface area contributed by atoms with E-state index in [1.54, 1.807) is 30.3 Å². The fraction of sp³-hybridized carbons (Fsp3) is 0.316. The molecule has 0 saturated carbocycles. The van der Waals surface area contributed by atoms with Crippen molar-refractivity contribution in [2.75, 3.05) is 43.1 Å². The number of ether oxygens (including phenoxy) is 1. The van der Waals surface area contributed by atoms with E-state index in [0.29, 0.717) is 39.3 Å². The largest absolute Gasteiger partial charge is 0.389 e. The van der Waals surface area contributed by atoms with Gasteiger partial charge >= 0.3 is 0 Å². The number of thiophene rings is 1. The Morgan fingerprint density at radius 1 is 1.38 bits per heavy atom. The van der Waals surface area contributed by atoms with E-state index in [1.807, 2.05) is 0 Å². The molecule has 0 aliphatic carbocycles. The maximum atomic E-state index is 12.0. The number of amides is 2. The molecule has 1 saturated heterocycles. The molecule has 152 valence electrons. The Morgan fingerprint density at radius 3 is 2.90 bits per heavy atom. The third kappa shape index (κ3) is 5.46. The van der Waals surface area contributed by atoms with Gasteiger partial charge in [0.15, 0.2) is 0 Å². The number of morpholine rings is 1. The van der Waals surface area contributed by atoms with Crippen molar-refractivity contribution in [2.45, 2.75) is 6.10 Å². The summed E-state index contributed by atoms with van der Waals surface area (Å²) in [5.74, 6) is -0.487. The summed E-state index contributed by atoms with van der Waals surface area (Å²) in [6, 6.07) is 10.4. The average Bonchev–Trinajstić information content (AvgIpc) is 3.17. The van der Waals surface area contributed by atoms with Crippen molar-refractivity contribution in [3.05, 3.63) is 45.1 Å². The first-order valence-corrected chi connectivity index (χ1v) is 10.0. The standard InChI is InChI=1S/C19H19ClN4O4S/c20-17-4-3-16(29-17)19(27)23-10-14(25)9-22-13-1-2-15(12(7-13)8-21)24-5-6-28-11-18(24)26/h1-4,7,14,22,25H,5-6,9-11H2,(H,23,27)/t14-/m1/s1. The first kappa shape index (κ1) is 21.1. The van der Waals surface area contributed by atoms with E-state index in [9.17, 15) is 20.0 Å². The van der Waals surface area contributed by atoms with Crippen LogP contribution in [0.2, 0.25) is 4.34 Å². The second kappa shape index (κ2) is 9.71. The zero-order valence-corrected chi connectivity index (χ0v) is 16.9. The molecule has 29 heavy (non-hydrogen) atoms. The summed E-state index contributed by atoms with van der Waals surface area (Å²) in [7, 11) is 0. The van der Waals surface area contributed by atoms with Crippen LogP contribution in [0.25, 0.3) is 0 Å². The topological polar surface area (TPSA) is 115 Å². The Bertz CT molecular complexity index is 943. The molecule has 2 heterocycles. The van der Waals surface area contributed by atoms with Crippen LogP contribution in [0.4, 0.5) is 11.4 Å². The van der Waals surface area contributed by atoms with Gasteiger partial charge in [0.05, 0.1) is 33.2 Å². The summed E-state index contributed by atoms with van der Waals surface area (Å²) in [6.45, 7) is 1.06. The number of nitrogens with zero attached hydrogens (tertiary/aromatic N) is 2. The Morgan fingerprint density at radius 2 is 2.21 bits per heavy atom. The molecule has 8 nitrogen and oxygen atoms in total. The number of carbonyl (C=O) groups is 2. The number of benzene rings is 1. The van der Waals surface area contributed by atoms with E-state index in [-0.39, 0.29) is 31.5 Å². The molecule has 0 unspecified atom stereocenters. The fourth-order valence-corrected chi connectivity index (χ4v) is 3.74. The van der Waals surface area contributed by atoms with Crippen molar-refractivity contribution < 1.29 is 19.4 Å². The lowest BCUT2D eigenvalue weighted by atomic mass is 10.1. The Hall–Kier alpha value is -2.64. The highest BCUT2D eigenvalue weighted by atomic mass is 35.5. The van der Waals surface area contributed by atoms with Crippen LogP contribution >= 0.6 is 22.9 Å². The van der Waals surface area contributed by atoms with Crippen molar-refractivity contribution in [1.82, 2.24) is 5.32 Å². The summed E-state index contributed by atoms with van der Waals surface area (Å²) in [5, 5.41) is 25.2. The summed E-state index contributed by atoms with van der Waals surface area (Å²) < 4.78 is 5.64. The minimum Gasteiger partial charge on any atom is -0.389 e. The quantitative estimate of drug-likeness (QED) is 0.612. The predicted octanol–water partition coefficient (Wildman–Crippen LogP) is 1.84. The van der Waals surface area contributed by atoms with Crippen molar-refractivity contribution in [1.29, 1.82) is 5.26 Å². The molecule has 1 aliphatic rings. The molecule has 2 aromatic rings. The first-order valence-electron chi connectivity index (χ1n) is 8.85. The highest BCUT2D eigenvalue weighted by molar-refractivity contribution is 7.17. The highest BCUT2D eigenvalue weighted by Crippen LogP contribution is 2.25. The monoisotopic (exact) mass is 434 g/mol. The zero-order chi connectivity index (χ0) is 20.8. The van der Waals surface area contributed by atoms with Crippen molar-refractivity contribution in [3.8, 4) is 6.07 Å². The molecule has 0 radical (unpaired) electrons. The normalized spacial score (nSPS) is 14.9. The number of aliphatic hydroxyl groups is 1. The molecular weight excluding hydrogens is 416 g/mol. The number of anilines is 2. The van der Waals surface area contributed by atoms with Gasteiger partial charge in [-0.2, -0.15) is 5.26 Å². The summed E-state index contributed by atoms with van der Waals surface area (Å²) in [4.78, 5) is 26.0. The number of rotatable bonds is 7. The van der Waals surface area contributed by atoms with Gasteiger partial charge in [0.1, 0.15) is 12.7 Å². The van der Waals surface area contributed by atoms with Crippen LogP contribution in [0.5, 0.6) is 0 Å². The maximum Gasteiger partial charge on any atom is 0.261 e. The third-order valence-electron chi connectivity index (χ3n) is 4.23. The minimum absolute atomic E-state index is 0.000456. The minimum atomic E-state index is -0.833. The second-order valence-corrected chi connectivity index (χ2v) is 8.01. The Kier molecular flexibility index (Phi) is 7.06. The lowest BCUT2D eigenvalue weighted by molar-refractivity contribution is -0.125. The molecule has 3 rings (SSSR count). The highest BCUT2D eigenvalue weighted by Gasteiger charge is 2.22. The SMILES string of the molecule is N#Cc1cc(NC[C@@H](O)CNC(=O)c2ccc(Cl)s2)ccc1N1CCOCC1=O. The Balaban J connectivity index is 1.54. The van der Waals surface area contributed by atoms with Crippen LogP contribution in [0, 0.1) is 11.3 Å². The van der Waals surface area contributed by atoms with E-state index >= 15 is 0 Å². The lowest BCUT2D eigenvalue weighted by Crippen LogP contribution is -2.42. The number of carbonyl (C=O) groups excluding carboxylic acids is 2. The van der Waals surface area contributed by atoms with Gasteiger partial charge in [-0.15, -0.1) is 11.3 Å². The van der Waals surface area contributed by atoms with Crippen molar-refractivity contribution >= 4 is 46.1 Å². The summed E-state index contributed by atoms with van der Waals surface area (Å²) >= 11 is 6.97. The molecule has 0 spiro atoms. The van der Waals surface area contributed by atoms with Gasteiger partial charge in [0.2, 0.25) is 0 Å². The predicted molar refractivity (Wildman–Crippen MR) is 110 cm³/mol. The zero-order valence-electron chi connectivity index (χ0n) is 15.4. The molecule has 1 aliphatic heterocycles. The number of nitrogens with one attached hydrogen (secondary N) is 2. The molecular formula is C19H19ClN4O4S. The van der Waals surface area contributed by atoms with Gasteiger partial charge in [0, 0.05) is 25.3 Å². The van der Waals surface area contributed by atoms with Crippen LogP contribution < -0.4 is 15.5 Å². The van der Waals surface area contributed by atoms with Crippen LogP contribution in [0.3, 0.4) is 0 Å². The molecule has 1 aromatic carbocycles. The molecule has 1 atom stereocenters. The van der Waals surface area contributed by atoms with Gasteiger partial charge in [0.25, 0.3) is 11.8 Å². The van der Waals surface area contributed by atoms with E-state index in [0.717, 1.165) is 11.3 Å². The molecule has 0 bridgehead atoms. The number of aliphatic hydroxyl groups excluding tert-OH is 1. The van der Waals surface area contributed by atoms with E-state index in [1.165, 1.54) is 4.90 Å². The third-order valence-corrected chi connectivity index (χ3v) is 5.46. The van der Waals surface area contributed by atoms with Crippen molar-refractivity contribution in [3.63, 3.8) is 0 Å². The van der Waals surface area contributed by atoms with Gasteiger partial charge in [-0.25, -0.2) is 0 Å². The number of hydrogen-bond donors (Lipinski definition) is 3. The van der Waals surface area contributed by atoms with Crippen LogP contribution in [-0.2, 0) is 9.53 Å². The average molecular weight is 435 g/mol. The van der Waals surface area contributed by atoms with Crippen molar-refractivity contribution in [2.24, 2.45) is 0 Å². The molecule has 3 N–H and O–H groups in total. The number of hydrogen-bond acceptors (Lipinski definition) is 7. The smallest absolute Gasteiger partial charge is 0.261 e. The molecule has 2 amide bonds. The van der Waals surface area contributed by atoms with E-state index in [4.69, 9.17) is 16.3 Å². The van der Waals surface area contributed by atoms with Crippen LogP contribution in [0.1, 0.15) is 15.2 Å². The molecule has 1 aromatic heterocycles. The maximum absolute atomic E-state index is 12.0. The van der Waals surface area contributed by atoms with E-state index < -0.39 is 6.10 Å². The Labute approximate surface area is 176 Å². The first-order chi connectivity index (χ1) is 14.0. The van der Waals surface area contributed by atoms with Crippen LogP contribution in [0.15, 0.2) is 30.3 Å². The summed E-state index contributed by atoms with van der Waals surface area (Å²) in [6.07, 6.45) is -0.833. The van der Waals surface area contributed by atoms with Crippen LogP contribution in [-0.4, -0.2) is 55.9 Å². The second-order valence-electron chi connectivity index (χ2n) is 6.29. The van der Waals surface area contributed by atoms with Gasteiger partial charge in [-0.05, 0) is 30.3 Å². The van der Waals surface area contributed by atoms with Gasteiger partial charge in [-0.3, -0.25) is 9.59 Å². The van der Waals surface area contributed by atoms with Gasteiger partial charge < -0.3 is 25.4 Å². The summed E-state index contributed by atoms with van der Waals surface area (Å²) in [5.41, 5.74) is 1.51. The molecule has 1 fully saturated rings. The molecule has 10 heteroatoms. The number of halogens is 1. The lowest BCUT2D eigenvalue weighted by Gasteiger charge is -2.27. The van der Waals surface area contributed by atoms with E-state index in [2.05, 4.69) is 16.7 Å².